The standard InChI is InChI=1S/C18H29BrO2/c1-3-4-5-6-7-8-9-10-11-17(20)16-14-15(19)12-13-18(16)21-2/h12-14,17,20H,3-11H2,1-2H3. The molecule has 0 amide bonds. The number of benzene rings is 1. The molecule has 0 saturated heterocycles. The molecular formula is C18H29BrO2. The summed E-state index contributed by atoms with van der Waals surface area (Å²) in [6, 6.07) is 5.79. The molecule has 1 N–H and O–H groups in total. The Hall–Kier alpha value is -0.540. The molecule has 1 unspecified atom stereocenters. The first-order valence-electron chi connectivity index (χ1n) is 8.20. The van der Waals surface area contributed by atoms with Crippen molar-refractivity contribution in [2.75, 3.05) is 7.11 Å². The number of rotatable bonds is 11. The van der Waals surface area contributed by atoms with Crippen molar-refractivity contribution >= 4 is 15.9 Å². The van der Waals surface area contributed by atoms with E-state index in [0.717, 1.165) is 28.6 Å². The highest BCUT2D eigenvalue weighted by Crippen LogP contribution is 2.31. The van der Waals surface area contributed by atoms with Gasteiger partial charge in [-0.15, -0.1) is 0 Å². The minimum absolute atomic E-state index is 0.433. The molecule has 1 aromatic rings. The molecule has 3 heteroatoms. The quantitative estimate of drug-likeness (QED) is 0.491. The molecule has 1 aromatic carbocycles. The highest BCUT2D eigenvalue weighted by molar-refractivity contribution is 9.10. The van der Waals surface area contributed by atoms with E-state index < -0.39 is 6.10 Å². The second-order valence-corrected chi connectivity index (χ2v) is 6.58. The van der Waals surface area contributed by atoms with E-state index in [9.17, 15) is 5.11 Å². The molecule has 21 heavy (non-hydrogen) atoms. The van der Waals surface area contributed by atoms with Crippen molar-refractivity contribution in [3.8, 4) is 5.75 Å². The highest BCUT2D eigenvalue weighted by Gasteiger charge is 2.13. The predicted octanol–water partition coefficient (Wildman–Crippen LogP) is 6.02. The van der Waals surface area contributed by atoms with Gasteiger partial charge in [0.2, 0.25) is 0 Å². The normalized spacial score (nSPS) is 12.4. The van der Waals surface area contributed by atoms with Crippen LogP contribution < -0.4 is 4.74 Å². The first-order chi connectivity index (χ1) is 10.2. The van der Waals surface area contributed by atoms with Gasteiger partial charge in [0.25, 0.3) is 0 Å². The number of methoxy groups -OCH3 is 1. The average Bonchev–Trinajstić information content (AvgIpc) is 2.49. The number of unbranched alkanes of at least 4 members (excludes halogenated alkanes) is 7. The number of ether oxygens (including phenoxy) is 1. The lowest BCUT2D eigenvalue weighted by Crippen LogP contribution is -2.01. The topological polar surface area (TPSA) is 29.5 Å². The van der Waals surface area contributed by atoms with E-state index in [0.29, 0.717) is 0 Å². The summed E-state index contributed by atoms with van der Waals surface area (Å²) >= 11 is 3.45. The summed E-state index contributed by atoms with van der Waals surface area (Å²) in [5.41, 5.74) is 0.884. The van der Waals surface area contributed by atoms with Crippen molar-refractivity contribution in [2.24, 2.45) is 0 Å². The molecule has 0 heterocycles. The van der Waals surface area contributed by atoms with E-state index >= 15 is 0 Å². The summed E-state index contributed by atoms with van der Waals surface area (Å²) in [6.07, 6.45) is 10.7. The maximum Gasteiger partial charge on any atom is 0.124 e. The summed E-state index contributed by atoms with van der Waals surface area (Å²) in [4.78, 5) is 0. The molecule has 0 aliphatic heterocycles. The molecule has 0 bridgehead atoms. The molecule has 0 radical (unpaired) electrons. The molecule has 0 aromatic heterocycles. The smallest absolute Gasteiger partial charge is 0.124 e. The number of halogens is 1. The fourth-order valence-corrected chi connectivity index (χ4v) is 2.97. The summed E-state index contributed by atoms with van der Waals surface area (Å²) in [5, 5.41) is 10.3. The molecule has 0 spiro atoms. The third kappa shape index (κ3) is 7.32. The summed E-state index contributed by atoms with van der Waals surface area (Å²) < 4.78 is 6.30. The van der Waals surface area contributed by atoms with E-state index in [2.05, 4.69) is 22.9 Å². The Labute approximate surface area is 138 Å². The Morgan fingerprint density at radius 1 is 1.05 bits per heavy atom. The number of hydrogen-bond acceptors (Lipinski definition) is 2. The minimum Gasteiger partial charge on any atom is -0.496 e. The Morgan fingerprint density at radius 3 is 2.29 bits per heavy atom. The first kappa shape index (κ1) is 18.5. The van der Waals surface area contributed by atoms with Gasteiger partial charge < -0.3 is 9.84 Å². The maximum absolute atomic E-state index is 10.3. The number of aliphatic hydroxyl groups excluding tert-OH is 1. The first-order valence-corrected chi connectivity index (χ1v) is 8.99. The minimum atomic E-state index is -0.433. The predicted molar refractivity (Wildman–Crippen MR) is 92.9 cm³/mol. The molecule has 0 fully saturated rings. The van der Waals surface area contributed by atoms with Crippen molar-refractivity contribution in [1.29, 1.82) is 0 Å². The van der Waals surface area contributed by atoms with Gasteiger partial charge in [0.15, 0.2) is 0 Å². The van der Waals surface area contributed by atoms with Crippen LogP contribution in [-0.4, -0.2) is 12.2 Å². The highest BCUT2D eigenvalue weighted by atomic mass is 79.9. The maximum atomic E-state index is 10.3. The molecule has 0 saturated carbocycles. The molecule has 0 aliphatic rings. The zero-order valence-electron chi connectivity index (χ0n) is 13.4. The third-order valence-electron chi connectivity index (χ3n) is 3.88. The van der Waals surface area contributed by atoms with Gasteiger partial charge in [0, 0.05) is 10.0 Å². The van der Waals surface area contributed by atoms with Gasteiger partial charge in [-0.25, -0.2) is 0 Å². The second-order valence-electron chi connectivity index (χ2n) is 5.67. The van der Waals surface area contributed by atoms with Crippen LogP contribution >= 0.6 is 15.9 Å². The van der Waals surface area contributed by atoms with Crippen molar-refractivity contribution < 1.29 is 9.84 Å². The van der Waals surface area contributed by atoms with Crippen LogP contribution in [-0.2, 0) is 0 Å². The number of hydrogen-bond donors (Lipinski definition) is 1. The Kier molecular flexibility index (Phi) is 9.77. The van der Waals surface area contributed by atoms with Crippen molar-refractivity contribution in [3.63, 3.8) is 0 Å². The molecule has 2 nitrogen and oxygen atoms in total. The lowest BCUT2D eigenvalue weighted by molar-refractivity contribution is 0.159. The van der Waals surface area contributed by atoms with Crippen LogP contribution in [0.15, 0.2) is 22.7 Å². The lowest BCUT2D eigenvalue weighted by Gasteiger charge is -2.15. The molecule has 0 aliphatic carbocycles. The van der Waals surface area contributed by atoms with Gasteiger partial charge in [-0.1, -0.05) is 74.2 Å². The van der Waals surface area contributed by atoms with Crippen LogP contribution in [0.3, 0.4) is 0 Å². The second kappa shape index (κ2) is 11.1. The van der Waals surface area contributed by atoms with Crippen LogP contribution in [0.25, 0.3) is 0 Å². The largest absolute Gasteiger partial charge is 0.496 e. The van der Waals surface area contributed by atoms with Crippen LogP contribution in [0.2, 0.25) is 0 Å². The van der Waals surface area contributed by atoms with E-state index in [1.54, 1.807) is 7.11 Å². The van der Waals surface area contributed by atoms with Crippen molar-refractivity contribution in [2.45, 2.75) is 70.8 Å². The van der Waals surface area contributed by atoms with Gasteiger partial charge in [0.1, 0.15) is 5.75 Å². The van der Waals surface area contributed by atoms with E-state index in [4.69, 9.17) is 4.74 Å². The Morgan fingerprint density at radius 2 is 1.67 bits per heavy atom. The van der Waals surface area contributed by atoms with Gasteiger partial charge >= 0.3 is 0 Å². The van der Waals surface area contributed by atoms with E-state index in [1.807, 2.05) is 18.2 Å². The SMILES string of the molecule is CCCCCCCCCCC(O)c1cc(Br)ccc1OC. The van der Waals surface area contributed by atoms with Gasteiger partial charge in [-0.3, -0.25) is 0 Å². The zero-order chi connectivity index (χ0) is 15.5. The molecule has 120 valence electrons. The van der Waals surface area contributed by atoms with Crippen molar-refractivity contribution in [1.82, 2.24) is 0 Å². The van der Waals surface area contributed by atoms with Crippen molar-refractivity contribution in [3.05, 3.63) is 28.2 Å². The summed E-state index contributed by atoms with van der Waals surface area (Å²) in [7, 11) is 1.65. The molecule has 1 rings (SSSR count). The van der Waals surface area contributed by atoms with Crippen LogP contribution in [0.5, 0.6) is 5.75 Å². The summed E-state index contributed by atoms with van der Waals surface area (Å²) in [6.45, 7) is 2.25. The lowest BCUT2D eigenvalue weighted by atomic mass is 10.0. The van der Waals surface area contributed by atoms with E-state index in [1.165, 1.54) is 44.9 Å². The number of aliphatic hydroxyl groups is 1. The molecule has 1 atom stereocenters. The van der Waals surface area contributed by atoms with Gasteiger partial charge in [-0.2, -0.15) is 0 Å². The van der Waals surface area contributed by atoms with Crippen LogP contribution in [0.1, 0.15) is 76.4 Å². The fraction of sp³-hybridized carbons (Fsp3) is 0.667. The fourth-order valence-electron chi connectivity index (χ4n) is 2.59. The third-order valence-corrected chi connectivity index (χ3v) is 4.38. The summed E-state index contributed by atoms with van der Waals surface area (Å²) in [5.74, 6) is 0.769. The molecular weight excluding hydrogens is 328 g/mol. The average molecular weight is 357 g/mol. The van der Waals surface area contributed by atoms with Crippen LogP contribution in [0.4, 0.5) is 0 Å². The zero-order valence-corrected chi connectivity index (χ0v) is 15.0. The van der Waals surface area contributed by atoms with Crippen LogP contribution in [0, 0.1) is 0 Å². The van der Waals surface area contributed by atoms with Gasteiger partial charge in [0.05, 0.1) is 13.2 Å². The Bertz CT molecular complexity index is 393. The van der Waals surface area contributed by atoms with E-state index in [-0.39, 0.29) is 0 Å². The van der Waals surface area contributed by atoms with Gasteiger partial charge in [-0.05, 0) is 24.6 Å². The monoisotopic (exact) mass is 356 g/mol. The Balaban J connectivity index is 2.24.